The number of carbonyl (C=O) groups excluding carboxylic acids is 3. The predicted octanol–water partition coefficient (Wildman–Crippen LogP) is 6.77. The van der Waals surface area contributed by atoms with Crippen LogP contribution in [-0.4, -0.2) is 46.9 Å². The Balaban J connectivity index is 5.78. The van der Waals surface area contributed by atoms with Crippen LogP contribution >= 0.6 is 0 Å². The highest BCUT2D eigenvalue weighted by Gasteiger charge is 2.45. The molecule has 0 aliphatic rings. The number of aliphatic hydroxyl groups is 1. The number of esters is 3. The topological polar surface area (TPSA) is 99.1 Å². The van der Waals surface area contributed by atoms with Crippen molar-refractivity contribution in [1.29, 1.82) is 0 Å². The summed E-state index contributed by atoms with van der Waals surface area (Å²) in [7, 11) is 0. The van der Waals surface area contributed by atoms with E-state index in [0.717, 1.165) is 19.3 Å². The van der Waals surface area contributed by atoms with Crippen LogP contribution in [-0.2, 0) is 28.6 Å². The minimum Gasteiger partial charge on any atom is -0.462 e. The monoisotopic (exact) mass is 528 g/mol. The van der Waals surface area contributed by atoms with Gasteiger partial charge in [-0.25, -0.2) is 4.79 Å². The van der Waals surface area contributed by atoms with Gasteiger partial charge in [-0.05, 0) is 56.3 Å². The zero-order valence-electron chi connectivity index (χ0n) is 25.1. The molecule has 0 aromatic heterocycles. The fourth-order valence-corrected chi connectivity index (χ4v) is 4.62. The minimum atomic E-state index is -2.35. The lowest BCUT2D eigenvalue weighted by atomic mass is 9.94. The first kappa shape index (κ1) is 35.4. The van der Waals surface area contributed by atoms with Crippen molar-refractivity contribution >= 4 is 17.9 Å². The van der Waals surface area contributed by atoms with Crippen LogP contribution in [0, 0.1) is 17.8 Å². The normalized spacial score (nSPS) is 15.8. The van der Waals surface area contributed by atoms with E-state index in [-0.39, 0.29) is 18.1 Å². The highest BCUT2D eigenvalue weighted by molar-refractivity contribution is 5.90. The van der Waals surface area contributed by atoms with Gasteiger partial charge < -0.3 is 19.3 Å². The van der Waals surface area contributed by atoms with E-state index < -0.39 is 42.5 Å². The molecule has 0 saturated heterocycles. The summed E-state index contributed by atoms with van der Waals surface area (Å²) in [4.78, 5) is 39.2. The van der Waals surface area contributed by atoms with Gasteiger partial charge in [-0.1, -0.05) is 81.6 Å². The molecule has 218 valence electrons. The number of rotatable bonds is 20. The van der Waals surface area contributed by atoms with E-state index >= 15 is 0 Å². The molecule has 0 spiro atoms. The lowest BCUT2D eigenvalue weighted by Crippen LogP contribution is -2.47. The highest BCUT2D eigenvalue weighted by atomic mass is 16.6. The van der Waals surface area contributed by atoms with Gasteiger partial charge >= 0.3 is 17.9 Å². The van der Waals surface area contributed by atoms with Gasteiger partial charge in [0, 0.05) is 0 Å². The van der Waals surface area contributed by atoms with E-state index in [0.29, 0.717) is 50.4 Å². The number of hydrogen-bond donors (Lipinski definition) is 1. The van der Waals surface area contributed by atoms with Gasteiger partial charge in [0.2, 0.25) is 0 Å². The van der Waals surface area contributed by atoms with Crippen molar-refractivity contribution in [1.82, 2.24) is 0 Å². The molecule has 7 heteroatoms. The Kier molecular flexibility index (Phi) is 17.8. The van der Waals surface area contributed by atoms with Crippen molar-refractivity contribution < 1.29 is 33.7 Å². The predicted molar refractivity (Wildman–Crippen MR) is 147 cm³/mol. The van der Waals surface area contributed by atoms with Gasteiger partial charge in [0.15, 0.2) is 5.60 Å². The van der Waals surface area contributed by atoms with Crippen LogP contribution in [0.5, 0.6) is 0 Å². The van der Waals surface area contributed by atoms with Crippen LogP contribution in [0.3, 0.4) is 0 Å². The lowest BCUT2D eigenvalue weighted by molar-refractivity contribution is -0.185. The summed E-state index contributed by atoms with van der Waals surface area (Å²) in [5, 5.41) is 11.4. The van der Waals surface area contributed by atoms with Gasteiger partial charge in [0.05, 0.1) is 12.8 Å². The average molecular weight is 529 g/mol. The molecule has 0 aliphatic carbocycles. The van der Waals surface area contributed by atoms with E-state index in [4.69, 9.17) is 14.2 Å². The molecule has 1 N–H and O–H groups in total. The summed E-state index contributed by atoms with van der Waals surface area (Å²) >= 11 is 0. The second-order valence-electron chi connectivity index (χ2n) is 11.9. The molecule has 3 unspecified atom stereocenters. The van der Waals surface area contributed by atoms with E-state index in [9.17, 15) is 19.5 Å². The van der Waals surface area contributed by atoms with Gasteiger partial charge in [-0.3, -0.25) is 9.59 Å². The summed E-state index contributed by atoms with van der Waals surface area (Å²) in [6.45, 7) is 18.3. The van der Waals surface area contributed by atoms with E-state index in [1.807, 2.05) is 62.3 Å². The van der Waals surface area contributed by atoms with Crippen LogP contribution in [0.25, 0.3) is 0 Å². The molecule has 0 fully saturated rings. The number of hydrogen-bond acceptors (Lipinski definition) is 7. The minimum absolute atomic E-state index is 0.282. The molecular formula is C30H56O7. The molecule has 0 radical (unpaired) electrons. The summed E-state index contributed by atoms with van der Waals surface area (Å²) in [5.74, 6) is -1.46. The first-order valence-electron chi connectivity index (χ1n) is 14.6. The van der Waals surface area contributed by atoms with Crippen LogP contribution in [0.2, 0.25) is 0 Å². The van der Waals surface area contributed by atoms with Crippen molar-refractivity contribution in [2.24, 2.45) is 17.8 Å². The molecule has 0 rings (SSSR count). The standard InChI is InChI=1S/C30H56O7/c1-10-13-24(16-21(4)5)35-27(31)19-30(34,29(33)37-26(15-12-3)18-23(8)9)20-28(32)36-25(14-11-2)17-22(6)7/h21-26,34H,10-20H2,1-9H3. The van der Waals surface area contributed by atoms with Crippen LogP contribution < -0.4 is 0 Å². The Bertz CT molecular complexity index is 620. The summed E-state index contributed by atoms with van der Waals surface area (Å²) < 4.78 is 17.0. The zero-order chi connectivity index (χ0) is 28.6. The maximum absolute atomic E-state index is 13.3. The van der Waals surface area contributed by atoms with Crippen LogP contribution in [0.4, 0.5) is 0 Å². The second-order valence-corrected chi connectivity index (χ2v) is 11.9. The molecule has 0 heterocycles. The largest absolute Gasteiger partial charge is 0.462 e. The molecule has 0 aliphatic heterocycles. The fourth-order valence-electron chi connectivity index (χ4n) is 4.62. The molecule has 7 nitrogen and oxygen atoms in total. The van der Waals surface area contributed by atoms with Gasteiger partial charge in [0.25, 0.3) is 0 Å². The fraction of sp³-hybridized carbons (Fsp3) is 0.900. The van der Waals surface area contributed by atoms with Gasteiger partial charge in [0.1, 0.15) is 18.3 Å². The van der Waals surface area contributed by atoms with E-state index in [1.54, 1.807) is 0 Å². The Morgan fingerprint density at radius 2 is 0.892 bits per heavy atom. The number of carbonyl (C=O) groups is 3. The Morgan fingerprint density at radius 1 is 0.595 bits per heavy atom. The second kappa shape index (κ2) is 18.6. The van der Waals surface area contributed by atoms with E-state index in [1.165, 1.54) is 0 Å². The molecule has 0 amide bonds. The smallest absolute Gasteiger partial charge is 0.339 e. The maximum atomic E-state index is 13.3. The number of ether oxygens (including phenoxy) is 3. The molecule has 0 aromatic rings. The van der Waals surface area contributed by atoms with Crippen LogP contribution in [0.1, 0.15) is 133 Å². The van der Waals surface area contributed by atoms with Crippen LogP contribution in [0.15, 0.2) is 0 Å². The Hall–Kier alpha value is -1.63. The molecule has 0 aromatic carbocycles. The van der Waals surface area contributed by atoms with Crippen molar-refractivity contribution in [3.8, 4) is 0 Å². The Labute approximate surface area is 226 Å². The first-order valence-corrected chi connectivity index (χ1v) is 14.6. The van der Waals surface area contributed by atoms with E-state index in [2.05, 4.69) is 0 Å². The highest BCUT2D eigenvalue weighted by Crippen LogP contribution is 2.26. The molecule has 0 bridgehead atoms. The summed E-state index contributed by atoms with van der Waals surface area (Å²) in [6, 6.07) is 0. The molecule has 0 saturated carbocycles. The summed E-state index contributed by atoms with van der Waals surface area (Å²) in [6.07, 6.45) is 4.18. The molecule has 37 heavy (non-hydrogen) atoms. The zero-order valence-corrected chi connectivity index (χ0v) is 25.1. The van der Waals surface area contributed by atoms with Crippen molar-refractivity contribution in [3.05, 3.63) is 0 Å². The average Bonchev–Trinajstić information content (AvgIpc) is 2.72. The third kappa shape index (κ3) is 16.0. The lowest BCUT2D eigenvalue weighted by Gasteiger charge is -2.29. The molecule has 3 atom stereocenters. The van der Waals surface area contributed by atoms with Crippen molar-refractivity contribution in [2.45, 2.75) is 157 Å². The Morgan fingerprint density at radius 3 is 1.16 bits per heavy atom. The first-order chi connectivity index (χ1) is 17.3. The SMILES string of the molecule is CCCC(CC(C)C)OC(=O)CC(O)(CC(=O)OC(CCC)CC(C)C)C(=O)OC(CCC)CC(C)C. The quantitative estimate of drug-likeness (QED) is 0.137. The van der Waals surface area contributed by atoms with Crippen molar-refractivity contribution in [3.63, 3.8) is 0 Å². The molecular weight excluding hydrogens is 472 g/mol. The maximum Gasteiger partial charge on any atom is 0.339 e. The van der Waals surface area contributed by atoms with Crippen molar-refractivity contribution in [2.75, 3.05) is 0 Å². The third-order valence-electron chi connectivity index (χ3n) is 6.16. The summed E-state index contributed by atoms with van der Waals surface area (Å²) in [5.41, 5.74) is -2.35. The van der Waals surface area contributed by atoms with Gasteiger partial charge in [-0.15, -0.1) is 0 Å². The third-order valence-corrected chi connectivity index (χ3v) is 6.16. The van der Waals surface area contributed by atoms with Gasteiger partial charge in [-0.2, -0.15) is 0 Å².